The van der Waals surface area contributed by atoms with Gasteiger partial charge in [0.25, 0.3) is 0 Å². The number of hydrogen-bond acceptors (Lipinski definition) is 4. The highest BCUT2D eigenvalue weighted by Gasteiger charge is 2.43. The van der Waals surface area contributed by atoms with Crippen LogP contribution in [0, 0.1) is 5.92 Å². The number of nitrogens with one attached hydrogen (secondary N) is 1. The summed E-state index contributed by atoms with van der Waals surface area (Å²) in [5.41, 5.74) is 0.0921. The molecule has 2 fully saturated rings. The van der Waals surface area contributed by atoms with Crippen LogP contribution in [0.3, 0.4) is 0 Å². The molecule has 0 aromatic carbocycles. The van der Waals surface area contributed by atoms with E-state index in [4.69, 9.17) is 4.74 Å². The molecule has 1 saturated carbocycles. The molecule has 2 unspecified atom stereocenters. The van der Waals surface area contributed by atoms with Gasteiger partial charge in [0.05, 0.1) is 19.8 Å². The zero-order valence-electron chi connectivity index (χ0n) is 14.3. The third-order valence-corrected chi connectivity index (χ3v) is 5.38. The van der Waals surface area contributed by atoms with Crippen LogP contribution < -0.4 is 5.32 Å². The number of aliphatic hydroxyl groups is 1. The van der Waals surface area contributed by atoms with E-state index in [0.717, 1.165) is 32.7 Å². The smallest absolute Gasteiger partial charge is 0.0645 e. The summed E-state index contributed by atoms with van der Waals surface area (Å²) in [5, 5.41) is 13.6. The minimum atomic E-state index is -0.0510. The molecule has 1 aliphatic carbocycles. The summed E-state index contributed by atoms with van der Waals surface area (Å²) in [5.74, 6) is 0.587. The van der Waals surface area contributed by atoms with Crippen LogP contribution in [0.4, 0.5) is 0 Å². The van der Waals surface area contributed by atoms with Gasteiger partial charge in [0.15, 0.2) is 0 Å². The monoisotopic (exact) mass is 298 g/mol. The maximum atomic E-state index is 9.98. The molecule has 4 heteroatoms. The summed E-state index contributed by atoms with van der Waals surface area (Å²) in [6.45, 7) is 13.0. The zero-order valence-corrected chi connectivity index (χ0v) is 14.3. The topological polar surface area (TPSA) is 44.7 Å². The molecular formula is C17H34N2O2. The second-order valence-corrected chi connectivity index (χ2v) is 7.84. The third-order valence-electron chi connectivity index (χ3n) is 5.38. The van der Waals surface area contributed by atoms with E-state index in [0.29, 0.717) is 12.0 Å². The lowest BCUT2D eigenvalue weighted by molar-refractivity contribution is -0.0544. The summed E-state index contributed by atoms with van der Waals surface area (Å²) >= 11 is 0. The van der Waals surface area contributed by atoms with Crippen LogP contribution in [0.25, 0.3) is 0 Å². The van der Waals surface area contributed by atoms with E-state index in [-0.39, 0.29) is 17.7 Å². The maximum absolute atomic E-state index is 9.98. The van der Waals surface area contributed by atoms with Gasteiger partial charge in [-0.05, 0) is 45.6 Å². The first kappa shape index (κ1) is 17.2. The Bertz CT molecular complexity index is 333. The number of nitrogens with zero attached hydrogens (tertiary/aromatic N) is 1. The molecule has 4 nitrogen and oxygen atoms in total. The molecule has 0 aromatic heterocycles. The Morgan fingerprint density at radius 3 is 2.76 bits per heavy atom. The number of ether oxygens (including phenoxy) is 1. The van der Waals surface area contributed by atoms with Crippen LogP contribution in [0.15, 0.2) is 0 Å². The Kier molecular flexibility index (Phi) is 5.69. The second-order valence-electron chi connectivity index (χ2n) is 7.84. The highest BCUT2D eigenvalue weighted by atomic mass is 16.5. The molecule has 2 rings (SSSR count). The summed E-state index contributed by atoms with van der Waals surface area (Å²) in [4.78, 5) is 2.56. The molecule has 1 saturated heterocycles. The van der Waals surface area contributed by atoms with Crippen molar-refractivity contribution in [2.45, 2.75) is 70.5 Å². The van der Waals surface area contributed by atoms with Gasteiger partial charge in [0.1, 0.15) is 0 Å². The first-order valence-corrected chi connectivity index (χ1v) is 8.61. The fraction of sp³-hybridized carbons (Fsp3) is 1.00. The van der Waals surface area contributed by atoms with Crippen molar-refractivity contribution in [1.82, 2.24) is 10.2 Å². The van der Waals surface area contributed by atoms with Crippen LogP contribution in [-0.4, -0.2) is 60.0 Å². The molecular weight excluding hydrogens is 264 g/mol. The molecule has 1 heterocycles. The van der Waals surface area contributed by atoms with E-state index in [1.165, 1.54) is 19.3 Å². The number of hydrogen-bond donors (Lipinski definition) is 2. The van der Waals surface area contributed by atoms with Crippen molar-refractivity contribution in [1.29, 1.82) is 0 Å². The molecule has 2 atom stereocenters. The predicted molar refractivity (Wildman–Crippen MR) is 86.5 cm³/mol. The Labute approximate surface area is 130 Å². The van der Waals surface area contributed by atoms with Crippen LogP contribution in [0.1, 0.15) is 53.4 Å². The van der Waals surface area contributed by atoms with Crippen molar-refractivity contribution < 1.29 is 9.84 Å². The molecule has 0 amide bonds. The molecule has 0 aromatic rings. The number of aliphatic hydroxyl groups excluding tert-OH is 1. The van der Waals surface area contributed by atoms with E-state index in [9.17, 15) is 5.11 Å². The van der Waals surface area contributed by atoms with Crippen molar-refractivity contribution >= 4 is 0 Å². The molecule has 0 bridgehead atoms. The first-order chi connectivity index (χ1) is 9.89. The van der Waals surface area contributed by atoms with Crippen LogP contribution in [-0.2, 0) is 4.74 Å². The van der Waals surface area contributed by atoms with Gasteiger partial charge in [0.2, 0.25) is 0 Å². The normalized spacial score (nSPS) is 33.7. The quantitative estimate of drug-likeness (QED) is 0.787. The van der Waals surface area contributed by atoms with Gasteiger partial charge in [-0.3, -0.25) is 4.90 Å². The third kappa shape index (κ3) is 3.98. The fourth-order valence-electron chi connectivity index (χ4n) is 4.20. The minimum Gasteiger partial charge on any atom is -0.394 e. The largest absolute Gasteiger partial charge is 0.394 e. The van der Waals surface area contributed by atoms with E-state index in [1.807, 2.05) is 0 Å². The van der Waals surface area contributed by atoms with Gasteiger partial charge in [-0.25, -0.2) is 0 Å². The lowest BCUT2D eigenvalue weighted by atomic mass is 9.84. The van der Waals surface area contributed by atoms with Gasteiger partial charge in [0, 0.05) is 23.7 Å². The summed E-state index contributed by atoms with van der Waals surface area (Å²) < 4.78 is 5.61. The molecule has 2 aliphatic rings. The van der Waals surface area contributed by atoms with Crippen molar-refractivity contribution in [2.24, 2.45) is 5.92 Å². The Morgan fingerprint density at radius 1 is 1.38 bits per heavy atom. The van der Waals surface area contributed by atoms with E-state index in [1.54, 1.807) is 0 Å². The van der Waals surface area contributed by atoms with E-state index < -0.39 is 0 Å². The first-order valence-electron chi connectivity index (χ1n) is 8.61. The van der Waals surface area contributed by atoms with Gasteiger partial charge in [-0.15, -0.1) is 0 Å². The van der Waals surface area contributed by atoms with Crippen molar-refractivity contribution in [3.63, 3.8) is 0 Å². The van der Waals surface area contributed by atoms with Crippen LogP contribution >= 0.6 is 0 Å². The number of morpholine rings is 1. The van der Waals surface area contributed by atoms with Crippen molar-refractivity contribution in [3.05, 3.63) is 0 Å². The summed E-state index contributed by atoms with van der Waals surface area (Å²) in [6, 6.07) is 0.428. The molecule has 2 N–H and O–H groups in total. The van der Waals surface area contributed by atoms with E-state index >= 15 is 0 Å². The Morgan fingerprint density at radius 2 is 2.14 bits per heavy atom. The average Bonchev–Trinajstić information content (AvgIpc) is 2.79. The average molecular weight is 298 g/mol. The predicted octanol–water partition coefficient (Wildman–Crippen LogP) is 2.02. The SMILES string of the molecule is CC(C)NC1(CO)CCCC1CCN1CCOCC1(C)C. The number of rotatable bonds is 6. The van der Waals surface area contributed by atoms with E-state index in [2.05, 4.69) is 37.9 Å². The van der Waals surface area contributed by atoms with Gasteiger partial charge in [-0.1, -0.05) is 20.3 Å². The Balaban J connectivity index is 1.94. The lowest BCUT2D eigenvalue weighted by Crippen LogP contribution is -2.56. The highest BCUT2D eigenvalue weighted by molar-refractivity contribution is 5.00. The van der Waals surface area contributed by atoms with Gasteiger partial charge < -0.3 is 15.2 Å². The van der Waals surface area contributed by atoms with Crippen LogP contribution in [0.2, 0.25) is 0 Å². The molecule has 0 radical (unpaired) electrons. The van der Waals surface area contributed by atoms with Crippen LogP contribution in [0.5, 0.6) is 0 Å². The Hall–Kier alpha value is -0.160. The maximum Gasteiger partial charge on any atom is 0.0645 e. The van der Waals surface area contributed by atoms with Gasteiger partial charge >= 0.3 is 0 Å². The van der Waals surface area contributed by atoms with Gasteiger partial charge in [-0.2, -0.15) is 0 Å². The molecule has 21 heavy (non-hydrogen) atoms. The summed E-state index contributed by atoms with van der Waals surface area (Å²) in [7, 11) is 0. The summed E-state index contributed by atoms with van der Waals surface area (Å²) in [6.07, 6.45) is 4.76. The molecule has 1 aliphatic heterocycles. The lowest BCUT2D eigenvalue weighted by Gasteiger charge is -2.44. The molecule has 0 spiro atoms. The standard InChI is InChI=1S/C17H34N2O2/c1-14(2)18-17(12-20)8-5-6-15(17)7-9-19-10-11-21-13-16(19,3)4/h14-15,18,20H,5-13H2,1-4H3. The fourth-order valence-corrected chi connectivity index (χ4v) is 4.20. The highest BCUT2D eigenvalue weighted by Crippen LogP contribution is 2.38. The second kappa shape index (κ2) is 6.95. The van der Waals surface area contributed by atoms with Crippen molar-refractivity contribution in [3.8, 4) is 0 Å². The van der Waals surface area contributed by atoms with Crippen molar-refractivity contribution in [2.75, 3.05) is 32.9 Å². The molecule has 124 valence electrons. The minimum absolute atomic E-state index is 0.0510. The zero-order chi connectivity index (χ0) is 15.5.